The molecular weight excluding hydrogens is 276 g/mol. The highest BCUT2D eigenvalue weighted by Gasteiger charge is 2.40. The van der Waals surface area contributed by atoms with E-state index >= 15 is 0 Å². The Kier molecular flexibility index (Phi) is 4.46. The van der Waals surface area contributed by atoms with Gasteiger partial charge in [-0.05, 0) is 37.2 Å². The number of para-hydroxylation sites is 1. The second-order valence-electron chi connectivity index (χ2n) is 6.21. The smallest absolute Gasteiger partial charge is 0.219 e. The maximum Gasteiger partial charge on any atom is 0.219 e. The summed E-state index contributed by atoms with van der Waals surface area (Å²) in [6.45, 7) is 4.93. The highest BCUT2D eigenvalue weighted by Crippen LogP contribution is 2.49. The van der Waals surface area contributed by atoms with Gasteiger partial charge in [0.25, 0.3) is 0 Å². The van der Waals surface area contributed by atoms with E-state index in [0.717, 1.165) is 49.2 Å². The normalized spacial score (nSPS) is 20.3. The lowest BCUT2D eigenvalue weighted by Gasteiger charge is -2.04. The van der Waals surface area contributed by atoms with E-state index in [2.05, 4.69) is 29.4 Å². The standard InChI is InChI=1S/C18H24N2O2/c1-3-6-16(21)19-11-12-10-14(12)13-8-5-9-15-18(13)22-17(20-15)7-4-2/h5,8-9,12,14H,3-4,6-7,10-11H2,1-2H3,(H,19,21)/t12-,14+/m0/s1. The summed E-state index contributed by atoms with van der Waals surface area (Å²) in [5, 5.41) is 3.03. The molecule has 1 N–H and O–H groups in total. The first kappa shape index (κ1) is 15.1. The number of aromatic nitrogens is 1. The molecule has 0 unspecified atom stereocenters. The van der Waals surface area contributed by atoms with Crippen molar-refractivity contribution in [2.75, 3.05) is 6.54 Å². The number of amides is 1. The van der Waals surface area contributed by atoms with Gasteiger partial charge in [0.15, 0.2) is 11.5 Å². The van der Waals surface area contributed by atoms with E-state index in [9.17, 15) is 4.79 Å². The lowest BCUT2D eigenvalue weighted by molar-refractivity contribution is -0.121. The van der Waals surface area contributed by atoms with Crippen LogP contribution in [0.25, 0.3) is 11.1 Å². The fraction of sp³-hybridized carbons (Fsp3) is 0.556. The number of oxazole rings is 1. The monoisotopic (exact) mass is 300 g/mol. The van der Waals surface area contributed by atoms with E-state index in [0.29, 0.717) is 18.3 Å². The Hall–Kier alpha value is -1.84. The summed E-state index contributed by atoms with van der Waals surface area (Å²) in [5.74, 6) is 2.02. The van der Waals surface area contributed by atoms with Crippen molar-refractivity contribution in [1.82, 2.24) is 10.3 Å². The van der Waals surface area contributed by atoms with Crippen LogP contribution >= 0.6 is 0 Å². The van der Waals surface area contributed by atoms with Gasteiger partial charge in [-0.25, -0.2) is 4.98 Å². The number of hydrogen-bond donors (Lipinski definition) is 1. The van der Waals surface area contributed by atoms with Crippen LogP contribution in [0.15, 0.2) is 22.6 Å². The van der Waals surface area contributed by atoms with E-state index in [1.165, 1.54) is 5.56 Å². The Bertz CT molecular complexity index is 662. The molecule has 1 heterocycles. The van der Waals surface area contributed by atoms with Crippen molar-refractivity contribution in [1.29, 1.82) is 0 Å². The average Bonchev–Trinajstić information content (AvgIpc) is 3.15. The van der Waals surface area contributed by atoms with Crippen molar-refractivity contribution in [2.24, 2.45) is 5.92 Å². The largest absolute Gasteiger partial charge is 0.440 e. The molecule has 118 valence electrons. The summed E-state index contributed by atoms with van der Waals surface area (Å²) in [6.07, 6.45) is 4.56. The fourth-order valence-electron chi connectivity index (χ4n) is 3.04. The predicted molar refractivity (Wildman–Crippen MR) is 86.8 cm³/mol. The molecule has 1 amide bonds. The van der Waals surface area contributed by atoms with Gasteiger partial charge in [0.05, 0.1) is 0 Å². The van der Waals surface area contributed by atoms with Crippen LogP contribution in [0.3, 0.4) is 0 Å². The molecule has 1 fully saturated rings. The summed E-state index contributed by atoms with van der Waals surface area (Å²) in [6, 6.07) is 6.21. The van der Waals surface area contributed by atoms with Crippen LogP contribution in [0, 0.1) is 5.92 Å². The van der Waals surface area contributed by atoms with E-state index in [4.69, 9.17) is 4.42 Å². The molecule has 22 heavy (non-hydrogen) atoms. The summed E-state index contributed by atoms with van der Waals surface area (Å²) in [5.41, 5.74) is 3.15. The van der Waals surface area contributed by atoms with Gasteiger partial charge < -0.3 is 9.73 Å². The maximum absolute atomic E-state index is 11.6. The lowest BCUT2D eigenvalue weighted by Crippen LogP contribution is -2.25. The number of nitrogens with one attached hydrogen (secondary N) is 1. The first-order valence-corrected chi connectivity index (χ1v) is 8.38. The van der Waals surface area contributed by atoms with Crippen molar-refractivity contribution in [3.05, 3.63) is 29.7 Å². The van der Waals surface area contributed by atoms with Crippen LogP contribution in [0.2, 0.25) is 0 Å². The van der Waals surface area contributed by atoms with Crippen molar-refractivity contribution in [2.45, 2.75) is 51.9 Å². The molecule has 0 bridgehead atoms. The summed E-state index contributed by atoms with van der Waals surface area (Å²) >= 11 is 0. The molecule has 1 aliphatic rings. The molecule has 3 rings (SSSR count). The Morgan fingerprint density at radius 3 is 3.00 bits per heavy atom. The van der Waals surface area contributed by atoms with Crippen molar-refractivity contribution in [3.8, 4) is 0 Å². The quantitative estimate of drug-likeness (QED) is 0.846. The zero-order valence-corrected chi connectivity index (χ0v) is 13.4. The third-order valence-electron chi connectivity index (χ3n) is 4.31. The second-order valence-corrected chi connectivity index (χ2v) is 6.21. The topological polar surface area (TPSA) is 55.1 Å². The van der Waals surface area contributed by atoms with Gasteiger partial charge in [0.1, 0.15) is 5.52 Å². The minimum absolute atomic E-state index is 0.163. The molecule has 4 heteroatoms. The summed E-state index contributed by atoms with van der Waals surface area (Å²) in [7, 11) is 0. The van der Waals surface area contributed by atoms with Gasteiger partial charge >= 0.3 is 0 Å². The number of hydrogen-bond acceptors (Lipinski definition) is 3. The molecule has 1 aromatic heterocycles. The van der Waals surface area contributed by atoms with Gasteiger partial charge in [0, 0.05) is 24.9 Å². The Labute approximate surface area is 131 Å². The second kappa shape index (κ2) is 6.51. The Morgan fingerprint density at radius 2 is 2.23 bits per heavy atom. The zero-order chi connectivity index (χ0) is 15.5. The maximum atomic E-state index is 11.6. The van der Waals surface area contributed by atoms with Crippen LogP contribution in [-0.2, 0) is 11.2 Å². The van der Waals surface area contributed by atoms with Gasteiger partial charge in [-0.2, -0.15) is 0 Å². The van der Waals surface area contributed by atoms with Crippen LogP contribution in [0.5, 0.6) is 0 Å². The number of fused-ring (bicyclic) bond motifs is 1. The van der Waals surface area contributed by atoms with Gasteiger partial charge in [-0.1, -0.05) is 26.0 Å². The van der Waals surface area contributed by atoms with E-state index in [-0.39, 0.29) is 5.91 Å². The van der Waals surface area contributed by atoms with E-state index in [1.807, 2.05) is 13.0 Å². The number of rotatable bonds is 7. The Morgan fingerprint density at radius 1 is 1.36 bits per heavy atom. The summed E-state index contributed by atoms with van der Waals surface area (Å²) in [4.78, 5) is 16.1. The van der Waals surface area contributed by atoms with E-state index in [1.54, 1.807) is 0 Å². The number of nitrogens with zero attached hydrogens (tertiary/aromatic N) is 1. The third-order valence-corrected chi connectivity index (χ3v) is 4.31. The molecule has 4 nitrogen and oxygen atoms in total. The van der Waals surface area contributed by atoms with Crippen LogP contribution in [-0.4, -0.2) is 17.4 Å². The number of benzene rings is 1. The third kappa shape index (κ3) is 3.16. The highest BCUT2D eigenvalue weighted by molar-refractivity contribution is 5.78. The zero-order valence-electron chi connectivity index (χ0n) is 13.4. The highest BCUT2D eigenvalue weighted by atomic mass is 16.3. The molecule has 2 atom stereocenters. The van der Waals surface area contributed by atoms with Gasteiger partial charge in [-0.15, -0.1) is 0 Å². The summed E-state index contributed by atoms with van der Waals surface area (Å²) < 4.78 is 5.95. The SMILES string of the molecule is CCCC(=O)NC[C@@H]1C[C@H]1c1cccc2nc(CCC)oc12. The number of carbonyl (C=O) groups excluding carboxylic acids is 1. The molecule has 2 aromatic rings. The van der Waals surface area contributed by atoms with Gasteiger partial charge in [0.2, 0.25) is 5.91 Å². The van der Waals surface area contributed by atoms with Gasteiger partial charge in [-0.3, -0.25) is 4.79 Å². The lowest BCUT2D eigenvalue weighted by atomic mass is 10.1. The molecule has 0 radical (unpaired) electrons. The fourth-order valence-corrected chi connectivity index (χ4v) is 3.04. The molecule has 1 aliphatic carbocycles. The minimum atomic E-state index is 0.163. The molecule has 1 aromatic carbocycles. The Balaban J connectivity index is 1.68. The molecule has 0 spiro atoms. The van der Waals surface area contributed by atoms with Crippen LogP contribution < -0.4 is 5.32 Å². The molecule has 0 saturated heterocycles. The van der Waals surface area contributed by atoms with Crippen molar-refractivity contribution in [3.63, 3.8) is 0 Å². The van der Waals surface area contributed by atoms with E-state index < -0.39 is 0 Å². The minimum Gasteiger partial charge on any atom is -0.440 e. The first-order chi connectivity index (χ1) is 10.7. The molecule has 0 aliphatic heterocycles. The number of carbonyl (C=O) groups is 1. The first-order valence-electron chi connectivity index (χ1n) is 8.38. The molecule has 1 saturated carbocycles. The van der Waals surface area contributed by atoms with Crippen LogP contribution in [0.4, 0.5) is 0 Å². The molecular formula is C18H24N2O2. The van der Waals surface area contributed by atoms with Crippen molar-refractivity contribution < 1.29 is 9.21 Å². The number of aryl methyl sites for hydroxylation is 1. The van der Waals surface area contributed by atoms with Crippen LogP contribution in [0.1, 0.15) is 56.9 Å². The predicted octanol–water partition coefficient (Wildman–Crippen LogP) is 3.80. The van der Waals surface area contributed by atoms with Crippen molar-refractivity contribution >= 4 is 17.0 Å². The average molecular weight is 300 g/mol.